The van der Waals surface area contributed by atoms with Crippen LogP contribution in [0.5, 0.6) is 0 Å². The van der Waals surface area contributed by atoms with Crippen molar-refractivity contribution in [1.82, 2.24) is 0 Å². The molecule has 2 aromatic carbocycles. The van der Waals surface area contributed by atoms with Crippen molar-refractivity contribution in [3.63, 3.8) is 0 Å². The molecule has 1 atom stereocenters. The van der Waals surface area contributed by atoms with E-state index >= 15 is 0 Å². The molecule has 0 saturated heterocycles. The summed E-state index contributed by atoms with van der Waals surface area (Å²) in [4.78, 5) is 12.9. The Labute approximate surface area is 141 Å². The summed E-state index contributed by atoms with van der Waals surface area (Å²) in [5, 5.41) is 0. The lowest BCUT2D eigenvalue weighted by Crippen LogP contribution is -2.19. The highest BCUT2D eigenvalue weighted by molar-refractivity contribution is 5.82. The quantitative estimate of drug-likeness (QED) is 0.593. The second-order valence-electron chi connectivity index (χ2n) is 5.60. The van der Waals surface area contributed by atoms with Gasteiger partial charge in [-0.1, -0.05) is 67.6 Å². The molecule has 3 aromatic rings. The average Bonchev–Trinajstić information content (AvgIpc) is 3.16. The van der Waals surface area contributed by atoms with Crippen LogP contribution in [-0.4, -0.2) is 5.97 Å². The molecule has 24 heavy (non-hydrogen) atoms. The summed E-state index contributed by atoms with van der Waals surface area (Å²) in [7, 11) is 0. The number of hydrogen-bond donors (Lipinski definition) is 0. The van der Waals surface area contributed by atoms with E-state index in [9.17, 15) is 4.79 Å². The number of rotatable bonds is 6. The molecule has 0 aliphatic rings. The van der Waals surface area contributed by atoms with Gasteiger partial charge in [-0.15, -0.1) is 0 Å². The lowest BCUT2D eigenvalue weighted by atomic mass is 9.91. The highest BCUT2D eigenvalue weighted by atomic mass is 16.6. The largest absolute Gasteiger partial charge is 0.465 e. The third-order valence-electron chi connectivity index (χ3n) is 3.99. The van der Waals surface area contributed by atoms with Crippen LogP contribution in [0.3, 0.4) is 0 Å². The Morgan fingerprint density at radius 2 is 1.50 bits per heavy atom. The minimum atomic E-state index is -0.448. The minimum absolute atomic E-state index is 0.268. The van der Waals surface area contributed by atoms with Gasteiger partial charge in [-0.05, 0) is 29.7 Å². The maximum Gasteiger partial charge on any atom is 0.318 e. The van der Waals surface area contributed by atoms with Gasteiger partial charge in [-0.25, -0.2) is 0 Å². The van der Waals surface area contributed by atoms with Gasteiger partial charge in [0.05, 0.1) is 6.26 Å². The predicted molar refractivity (Wildman–Crippen MR) is 92.6 cm³/mol. The second-order valence-corrected chi connectivity index (χ2v) is 5.60. The van der Waals surface area contributed by atoms with Crippen molar-refractivity contribution in [1.29, 1.82) is 0 Å². The zero-order valence-corrected chi connectivity index (χ0v) is 13.6. The van der Waals surface area contributed by atoms with E-state index in [2.05, 4.69) is 0 Å². The van der Waals surface area contributed by atoms with Crippen molar-refractivity contribution in [2.24, 2.45) is 0 Å². The van der Waals surface area contributed by atoms with E-state index in [4.69, 9.17) is 9.15 Å². The number of furan rings is 1. The molecule has 0 fully saturated rings. The van der Waals surface area contributed by atoms with Gasteiger partial charge in [0.15, 0.2) is 6.10 Å². The third-order valence-corrected chi connectivity index (χ3v) is 3.99. The number of benzene rings is 2. The lowest BCUT2D eigenvalue weighted by Gasteiger charge is -2.20. The van der Waals surface area contributed by atoms with E-state index in [-0.39, 0.29) is 12.1 Å². The second kappa shape index (κ2) is 7.64. The zero-order chi connectivity index (χ0) is 16.8. The first-order valence-corrected chi connectivity index (χ1v) is 8.13. The van der Waals surface area contributed by atoms with Gasteiger partial charge < -0.3 is 9.15 Å². The van der Waals surface area contributed by atoms with E-state index in [1.54, 1.807) is 12.3 Å². The van der Waals surface area contributed by atoms with Crippen molar-refractivity contribution in [2.75, 3.05) is 0 Å². The molecule has 3 heteroatoms. The van der Waals surface area contributed by atoms with Crippen LogP contribution in [0.4, 0.5) is 0 Å². The normalized spacial score (nSPS) is 12.1. The molecule has 0 unspecified atom stereocenters. The molecular formula is C21H20O3. The van der Waals surface area contributed by atoms with Crippen LogP contribution >= 0.6 is 0 Å². The Bertz CT molecular complexity index is 709. The van der Waals surface area contributed by atoms with Crippen molar-refractivity contribution in [2.45, 2.75) is 25.4 Å². The number of carbonyl (C=O) groups is 1. The Morgan fingerprint density at radius 1 is 0.917 bits per heavy atom. The van der Waals surface area contributed by atoms with Crippen LogP contribution in [0.1, 0.15) is 42.3 Å². The van der Waals surface area contributed by atoms with Crippen molar-refractivity contribution in [3.05, 3.63) is 95.9 Å². The predicted octanol–water partition coefficient (Wildman–Crippen LogP) is 5.11. The molecule has 0 aliphatic heterocycles. The summed E-state index contributed by atoms with van der Waals surface area (Å²) >= 11 is 0. The first-order valence-electron chi connectivity index (χ1n) is 8.13. The molecule has 122 valence electrons. The van der Waals surface area contributed by atoms with Crippen LogP contribution in [-0.2, 0) is 9.53 Å². The average molecular weight is 320 g/mol. The van der Waals surface area contributed by atoms with Gasteiger partial charge in [0.25, 0.3) is 0 Å². The fourth-order valence-electron chi connectivity index (χ4n) is 2.78. The number of esters is 1. The van der Waals surface area contributed by atoms with Gasteiger partial charge in [0.2, 0.25) is 0 Å². The Hall–Kier alpha value is -2.81. The molecule has 0 radical (unpaired) electrons. The molecule has 0 spiro atoms. The van der Waals surface area contributed by atoms with Gasteiger partial charge >= 0.3 is 5.97 Å². The SMILES string of the molecule is CC[C@@H](OC(=O)C(c1ccccc1)c1ccccc1)c1ccco1. The van der Waals surface area contributed by atoms with Crippen LogP contribution < -0.4 is 0 Å². The first kappa shape index (κ1) is 16.1. The van der Waals surface area contributed by atoms with E-state index in [0.29, 0.717) is 12.2 Å². The molecule has 3 rings (SSSR count). The van der Waals surface area contributed by atoms with E-state index in [1.165, 1.54) is 0 Å². The summed E-state index contributed by atoms with van der Waals surface area (Å²) in [6, 6.07) is 23.1. The highest BCUT2D eigenvalue weighted by Gasteiger charge is 2.27. The maximum atomic E-state index is 12.9. The fraction of sp³-hybridized carbons (Fsp3) is 0.190. The topological polar surface area (TPSA) is 39.4 Å². The summed E-state index contributed by atoms with van der Waals surface area (Å²) in [5.41, 5.74) is 1.84. The fourth-order valence-corrected chi connectivity index (χ4v) is 2.78. The summed E-state index contributed by atoms with van der Waals surface area (Å²) in [6.45, 7) is 1.97. The molecule has 0 amide bonds. The van der Waals surface area contributed by atoms with E-state index < -0.39 is 5.92 Å². The smallest absolute Gasteiger partial charge is 0.318 e. The highest BCUT2D eigenvalue weighted by Crippen LogP contribution is 2.30. The third kappa shape index (κ3) is 3.57. The summed E-state index contributed by atoms with van der Waals surface area (Å²) in [6.07, 6.45) is 1.88. The monoisotopic (exact) mass is 320 g/mol. The molecule has 3 nitrogen and oxygen atoms in total. The Morgan fingerprint density at radius 3 is 1.96 bits per heavy atom. The molecular weight excluding hydrogens is 300 g/mol. The zero-order valence-electron chi connectivity index (χ0n) is 13.6. The van der Waals surface area contributed by atoms with Crippen LogP contribution in [0.25, 0.3) is 0 Å². The van der Waals surface area contributed by atoms with Gasteiger partial charge in [-0.3, -0.25) is 4.79 Å². The van der Waals surface area contributed by atoms with Gasteiger partial charge in [0, 0.05) is 0 Å². The molecule has 1 heterocycles. The maximum absolute atomic E-state index is 12.9. The van der Waals surface area contributed by atoms with Gasteiger partial charge in [-0.2, -0.15) is 0 Å². The van der Waals surface area contributed by atoms with Crippen LogP contribution in [0, 0.1) is 0 Å². The summed E-state index contributed by atoms with van der Waals surface area (Å²) < 4.78 is 11.2. The number of hydrogen-bond acceptors (Lipinski definition) is 3. The Balaban J connectivity index is 1.89. The first-order chi connectivity index (χ1) is 11.8. The van der Waals surface area contributed by atoms with Gasteiger partial charge in [0.1, 0.15) is 11.7 Å². The van der Waals surface area contributed by atoms with E-state index in [1.807, 2.05) is 73.7 Å². The number of carbonyl (C=O) groups excluding carboxylic acids is 1. The molecule has 0 N–H and O–H groups in total. The number of ether oxygens (including phenoxy) is 1. The van der Waals surface area contributed by atoms with Crippen molar-refractivity contribution in [3.8, 4) is 0 Å². The lowest BCUT2D eigenvalue weighted by molar-refractivity contribution is -0.151. The van der Waals surface area contributed by atoms with Crippen LogP contribution in [0.2, 0.25) is 0 Å². The molecule has 1 aromatic heterocycles. The van der Waals surface area contributed by atoms with Crippen molar-refractivity contribution >= 4 is 5.97 Å². The van der Waals surface area contributed by atoms with Crippen LogP contribution in [0.15, 0.2) is 83.5 Å². The summed E-state index contributed by atoms with van der Waals surface area (Å²) in [5.74, 6) is -0.0437. The minimum Gasteiger partial charge on any atom is -0.465 e. The molecule has 0 bridgehead atoms. The van der Waals surface area contributed by atoms with Crippen molar-refractivity contribution < 1.29 is 13.9 Å². The molecule has 0 aliphatic carbocycles. The molecule has 0 saturated carbocycles. The Kier molecular flexibility index (Phi) is 5.12. The standard InChI is InChI=1S/C21H20O3/c1-2-18(19-14-9-15-23-19)24-21(22)20(16-10-5-3-6-11-16)17-12-7-4-8-13-17/h3-15,18,20H,2H2,1H3/t18-/m1/s1. The van der Waals surface area contributed by atoms with E-state index in [0.717, 1.165) is 11.1 Å².